The van der Waals surface area contributed by atoms with E-state index in [1.165, 1.54) is 19.3 Å². The molecule has 0 amide bonds. The molecule has 0 spiro atoms. The van der Waals surface area contributed by atoms with Crippen LogP contribution in [0.25, 0.3) is 11.0 Å². The average Bonchev–Trinajstić information content (AvgIpc) is 3.06. The fourth-order valence-corrected chi connectivity index (χ4v) is 2.17. The summed E-state index contributed by atoms with van der Waals surface area (Å²) in [4.78, 5) is 15.3. The molecule has 17 heavy (non-hydrogen) atoms. The van der Waals surface area contributed by atoms with Crippen molar-refractivity contribution in [3.63, 3.8) is 0 Å². The zero-order valence-corrected chi connectivity index (χ0v) is 9.47. The largest absolute Gasteiger partial charge is 0.478 e. The van der Waals surface area contributed by atoms with Gasteiger partial charge in [0, 0.05) is 6.54 Å². The normalized spacial score (nSPS) is 15.3. The van der Waals surface area contributed by atoms with Gasteiger partial charge < -0.3 is 9.67 Å². The first-order valence-electron chi connectivity index (χ1n) is 5.93. The number of carboxylic acids is 1. The number of aryl methyl sites for hydroxylation is 1. The molecule has 1 saturated carbocycles. The van der Waals surface area contributed by atoms with E-state index in [2.05, 4.69) is 9.55 Å². The lowest BCUT2D eigenvalue weighted by molar-refractivity contribution is 0.0699. The first-order chi connectivity index (χ1) is 8.25. The Labute approximate surface area is 98.9 Å². The van der Waals surface area contributed by atoms with Crippen LogP contribution in [0.15, 0.2) is 24.5 Å². The predicted molar refractivity (Wildman–Crippen MR) is 64.0 cm³/mol. The first kappa shape index (κ1) is 10.3. The van der Waals surface area contributed by atoms with Crippen LogP contribution < -0.4 is 0 Å². The highest BCUT2D eigenvalue weighted by atomic mass is 16.4. The molecule has 1 aromatic carbocycles. The number of para-hydroxylation sites is 1. The zero-order valence-electron chi connectivity index (χ0n) is 9.47. The molecule has 0 saturated heterocycles. The van der Waals surface area contributed by atoms with Gasteiger partial charge in [-0.25, -0.2) is 9.78 Å². The maximum absolute atomic E-state index is 11.1. The maximum Gasteiger partial charge on any atom is 0.337 e. The van der Waals surface area contributed by atoms with E-state index in [0.29, 0.717) is 5.52 Å². The van der Waals surface area contributed by atoms with E-state index in [9.17, 15) is 4.79 Å². The summed E-state index contributed by atoms with van der Waals surface area (Å²) in [5, 5.41) is 9.07. The summed E-state index contributed by atoms with van der Waals surface area (Å²) < 4.78 is 2.06. The molecule has 1 heterocycles. The van der Waals surface area contributed by atoms with Crippen molar-refractivity contribution in [2.24, 2.45) is 5.92 Å². The fourth-order valence-electron chi connectivity index (χ4n) is 2.17. The third kappa shape index (κ3) is 1.90. The molecule has 0 aliphatic heterocycles. The third-order valence-corrected chi connectivity index (χ3v) is 3.36. The van der Waals surface area contributed by atoms with E-state index in [-0.39, 0.29) is 5.56 Å². The Bertz CT molecular complexity index is 570. The van der Waals surface area contributed by atoms with Crippen LogP contribution >= 0.6 is 0 Å². The molecule has 88 valence electrons. The van der Waals surface area contributed by atoms with Crippen molar-refractivity contribution in [3.8, 4) is 0 Å². The monoisotopic (exact) mass is 230 g/mol. The first-order valence-corrected chi connectivity index (χ1v) is 5.93. The standard InChI is InChI=1S/C13H14N2O2/c16-13(17)10-2-1-3-11-12(10)14-8-15(11)7-6-9-4-5-9/h1-3,8-9H,4-7H2,(H,16,17). The minimum absolute atomic E-state index is 0.285. The molecule has 4 nitrogen and oxygen atoms in total. The van der Waals surface area contributed by atoms with Crippen LogP contribution in [-0.4, -0.2) is 20.6 Å². The molecular weight excluding hydrogens is 216 g/mol. The average molecular weight is 230 g/mol. The van der Waals surface area contributed by atoms with Gasteiger partial charge in [0.05, 0.1) is 17.4 Å². The molecule has 1 aromatic heterocycles. The fraction of sp³-hybridized carbons (Fsp3) is 0.385. The second kappa shape index (κ2) is 3.87. The topological polar surface area (TPSA) is 55.1 Å². The SMILES string of the molecule is O=C(O)c1cccc2c1ncn2CCC1CC1. The Morgan fingerprint density at radius 3 is 3.00 bits per heavy atom. The number of rotatable bonds is 4. The number of fused-ring (bicyclic) bond motifs is 1. The highest BCUT2D eigenvalue weighted by Crippen LogP contribution is 2.33. The number of carboxylic acid groups (broad SMARTS) is 1. The highest BCUT2D eigenvalue weighted by Gasteiger charge is 2.21. The van der Waals surface area contributed by atoms with E-state index in [4.69, 9.17) is 5.11 Å². The number of carbonyl (C=O) groups is 1. The lowest BCUT2D eigenvalue weighted by Crippen LogP contribution is -1.99. The third-order valence-electron chi connectivity index (χ3n) is 3.36. The lowest BCUT2D eigenvalue weighted by Gasteiger charge is -2.03. The van der Waals surface area contributed by atoms with Crippen molar-refractivity contribution >= 4 is 17.0 Å². The van der Waals surface area contributed by atoms with E-state index >= 15 is 0 Å². The zero-order chi connectivity index (χ0) is 11.8. The number of aromatic carboxylic acids is 1. The predicted octanol–water partition coefficient (Wildman–Crippen LogP) is 2.53. The number of hydrogen-bond acceptors (Lipinski definition) is 2. The van der Waals surface area contributed by atoms with Crippen LogP contribution in [0.3, 0.4) is 0 Å². The number of benzene rings is 1. The molecule has 1 aliphatic rings. The summed E-state index contributed by atoms with van der Waals surface area (Å²) in [6, 6.07) is 5.31. The van der Waals surface area contributed by atoms with E-state index < -0.39 is 5.97 Å². The van der Waals surface area contributed by atoms with Gasteiger partial charge in [-0.05, 0) is 24.5 Å². The minimum Gasteiger partial charge on any atom is -0.478 e. The van der Waals surface area contributed by atoms with E-state index in [1.807, 2.05) is 6.07 Å². The molecule has 3 rings (SSSR count). The van der Waals surface area contributed by atoms with Gasteiger partial charge in [0.2, 0.25) is 0 Å². The van der Waals surface area contributed by atoms with Crippen LogP contribution in [-0.2, 0) is 6.54 Å². The van der Waals surface area contributed by atoms with Crippen molar-refractivity contribution in [2.75, 3.05) is 0 Å². The molecule has 1 aliphatic carbocycles. The van der Waals surface area contributed by atoms with E-state index in [1.54, 1.807) is 18.5 Å². The van der Waals surface area contributed by atoms with Crippen molar-refractivity contribution in [1.82, 2.24) is 9.55 Å². The Balaban J connectivity index is 1.96. The number of aromatic nitrogens is 2. The molecule has 1 N–H and O–H groups in total. The Morgan fingerprint density at radius 1 is 1.47 bits per heavy atom. The van der Waals surface area contributed by atoms with Crippen molar-refractivity contribution in [3.05, 3.63) is 30.1 Å². The molecule has 0 atom stereocenters. The smallest absolute Gasteiger partial charge is 0.337 e. The van der Waals surface area contributed by atoms with Gasteiger partial charge in [0.25, 0.3) is 0 Å². The van der Waals surface area contributed by atoms with Gasteiger partial charge in [-0.2, -0.15) is 0 Å². The quantitative estimate of drug-likeness (QED) is 0.878. The van der Waals surface area contributed by atoms with Gasteiger partial charge in [-0.1, -0.05) is 18.9 Å². The molecule has 0 unspecified atom stereocenters. The van der Waals surface area contributed by atoms with Gasteiger partial charge in [-0.15, -0.1) is 0 Å². The molecule has 0 radical (unpaired) electrons. The highest BCUT2D eigenvalue weighted by molar-refractivity contribution is 6.00. The molecule has 4 heteroatoms. The summed E-state index contributed by atoms with van der Waals surface area (Å²) in [7, 11) is 0. The van der Waals surface area contributed by atoms with Crippen molar-refractivity contribution in [1.29, 1.82) is 0 Å². The van der Waals surface area contributed by atoms with Crippen LogP contribution in [0, 0.1) is 5.92 Å². The summed E-state index contributed by atoms with van der Waals surface area (Å²) in [6.07, 6.45) is 5.60. The second-order valence-corrected chi connectivity index (χ2v) is 4.65. The Hall–Kier alpha value is -1.84. The summed E-state index contributed by atoms with van der Waals surface area (Å²) in [5.74, 6) is -0.0434. The van der Waals surface area contributed by atoms with Crippen LogP contribution in [0.2, 0.25) is 0 Å². The Kier molecular flexibility index (Phi) is 2.35. The van der Waals surface area contributed by atoms with Gasteiger partial charge >= 0.3 is 5.97 Å². The minimum atomic E-state index is -0.914. The van der Waals surface area contributed by atoms with Gasteiger partial charge in [-0.3, -0.25) is 0 Å². The second-order valence-electron chi connectivity index (χ2n) is 4.65. The van der Waals surface area contributed by atoms with Gasteiger partial charge in [0.15, 0.2) is 0 Å². The van der Waals surface area contributed by atoms with Crippen LogP contribution in [0.1, 0.15) is 29.6 Å². The van der Waals surface area contributed by atoms with Crippen molar-refractivity contribution in [2.45, 2.75) is 25.8 Å². The summed E-state index contributed by atoms with van der Waals surface area (Å²) in [5.41, 5.74) is 1.80. The van der Waals surface area contributed by atoms with Crippen LogP contribution in [0.5, 0.6) is 0 Å². The van der Waals surface area contributed by atoms with Crippen LogP contribution in [0.4, 0.5) is 0 Å². The maximum atomic E-state index is 11.1. The Morgan fingerprint density at radius 2 is 2.29 bits per heavy atom. The number of hydrogen-bond donors (Lipinski definition) is 1. The molecular formula is C13H14N2O2. The summed E-state index contributed by atoms with van der Waals surface area (Å²) in [6.45, 7) is 0.935. The molecule has 0 bridgehead atoms. The van der Waals surface area contributed by atoms with E-state index in [0.717, 1.165) is 18.0 Å². The lowest BCUT2D eigenvalue weighted by atomic mass is 10.2. The molecule has 1 fully saturated rings. The summed E-state index contributed by atoms with van der Waals surface area (Å²) >= 11 is 0. The van der Waals surface area contributed by atoms with Crippen molar-refractivity contribution < 1.29 is 9.90 Å². The number of nitrogens with zero attached hydrogens (tertiary/aromatic N) is 2. The van der Waals surface area contributed by atoms with Gasteiger partial charge in [0.1, 0.15) is 5.52 Å². The number of imidazole rings is 1. The molecule has 2 aromatic rings.